The second-order valence-electron chi connectivity index (χ2n) is 2.84. The van der Waals surface area contributed by atoms with Crippen LogP contribution in [-0.4, -0.2) is 29.8 Å². The molecule has 1 rings (SSSR count). The van der Waals surface area contributed by atoms with Crippen molar-refractivity contribution in [1.29, 1.82) is 0 Å². The number of pyridine rings is 1. The molecule has 78 valence electrons. The summed E-state index contributed by atoms with van der Waals surface area (Å²) >= 11 is 0. The maximum absolute atomic E-state index is 11.2. The van der Waals surface area contributed by atoms with Gasteiger partial charge in [-0.25, -0.2) is 9.78 Å². The van der Waals surface area contributed by atoms with Gasteiger partial charge in [-0.15, -0.1) is 0 Å². The number of hydrogen-bond acceptors (Lipinski definition) is 4. The van der Waals surface area contributed by atoms with E-state index in [1.165, 1.54) is 13.3 Å². The van der Waals surface area contributed by atoms with E-state index in [4.69, 9.17) is 5.11 Å². The van der Waals surface area contributed by atoms with E-state index in [1.54, 1.807) is 13.0 Å². The van der Waals surface area contributed by atoms with Gasteiger partial charge in [-0.05, 0) is 18.6 Å². The number of aliphatic hydroxyl groups is 1. The van der Waals surface area contributed by atoms with Crippen molar-refractivity contribution >= 4 is 5.97 Å². The number of carbonyl (C=O) groups is 1. The summed E-state index contributed by atoms with van der Waals surface area (Å²) in [6, 6.07) is 1.72. The fourth-order valence-corrected chi connectivity index (χ4v) is 1.10. The van der Waals surface area contributed by atoms with Gasteiger partial charge in [0.1, 0.15) is 6.61 Å². The zero-order valence-electron chi connectivity index (χ0n) is 8.57. The van der Waals surface area contributed by atoms with Crippen molar-refractivity contribution in [1.82, 2.24) is 4.98 Å². The van der Waals surface area contributed by atoms with Gasteiger partial charge in [0.15, 0.2) is 5.69 Å². The van der Waals surface area contributed by atoms with E-state index in [-0.39, 0.29) is 12.3 Å². The number of aliphatic hydroxyl groups excluding tert-OH is 1. The molecular weight excluding hydrogens is 194 g/mol. The Kier molecular flexibility index (Phi) is 3.83. The van der Waals surface area contributed by atoms with Gasteiger partial charge >= 0.3 is 5.97 Å². The summed E-state index contributed by atoms with van der Waals surface area (Å²) in [5.74, 6) is 4.74. The lowest BCUT2D eigenvalue weighted by molar-refractivity contribution is 0.0593. The van der Waals surface area contributed by atoms with Crippen molar-refractivity contribution in [2.75, 3.05) is 13.7 Å². The molecule has 0 aliphatic heterocycles. The fourth-order valence-electron chi connectivity index (χ4n) is 1.10. The van der Waals surface area contributed by atoms with Crippen LogP contribution in [0.25, 0.3) is 0 Å². The summed E-state index contributed by atoms with van der Waals surface area (Å²) < 4.78 is 4.56. The van der Waals surface area contributed by atoms with E-state index in [0.29, 0.717) is 11.1 Å². The smallest absolute Gasteiger partial charge is 0.356 e. The summed E-state index contributed by atoms with van der Waals surface area (Å²) in [6.45, 7) is 1.56. The molecule has 0 aliphatic carbocycles. The SMILES string of the molecule is COC(=O)c1ncc(C#CCO)cc1C. The highest BCUT2D eigenvalue weighted by atomic mass is 16.5. The van der Waals surface area contributed by atoms with Gasteiger partial charge in [0, 0.05) is 11.8 Å². The lowest BCUT2D eigenvalue weighted by Crippen LogP contribution is -2.06. The van der Waals surface area contributed by atoms with Crippen LogP contribution in [0.4, 0.5) is 0 Å². The predicted molar refractivity (Wildman–Crippen MR) is 54.3 cm³/mol. The van der Waals surface area contributed by atoms with Crippen molar-refractivity contribution < 1.29 is 14.6 Å². The molecule has 0 unspecified atom stereocenters. The van der Waals surface area contributed by atoms with Crippen LogP contribution < -0.4 is 0 Å². The molecule has 1 aromatic heterocycles. The Bertz CT molecular complexity index is 429. The number of methoxy groups -OCH3 is 1. The van der Waals surface area contributed by atoms with Crippen LogP contribution in [0, 0.1) is 18.8 Å². The molecular formula is C11H11NO3. The lowest BCUT2D eigenvalue weighted by atomic mass is 10.1. The number of aryl methyl sites for hydroxylation is 1. The van der Waals surface area contributed by atoms with Crippen LogP contribution in [-0.2, 0) is 4.74 Å². The number of ether oxygens (including phenoxy) is 1. The first-order valence-corrected chi connectivity index (χ1v) is 4.33. The van der Waals surface area contributed by atoms with Crippen LogP contribution in [0.3, 0.4) is 0 Å². The van der Waals surface area contributed by atoms with Crippen LogP contribution >= 0.6 is 0 Å². The molecule has 0 radical (unpaired) electrons. The summed E-state index contributed by atoms with van der Waals surface area (Å²) in [5.41, 5.74) is 1.65. The minimum atomic E-state index is -0.464. The van der Waals surface area contributed by atoms with E-state index < -0.39 is 5.97 Å². The first-order chi connectivity index (χ1) is 7.19. The van der Waals surface area contributed by atoms with Crippen LogP contribution in [0.1, 0.15) is 21.6 Å². The summed E-state index contributed by atoms with van der Waals surface area (Å²) in [7, 11) is 1.31. The molecule has 0 saturated heterocycles. The monoisotopic (exact) mass is 205 g/mol. The summed E-state index contributed by atoms with van der Waals surface area (Å²) in [4.78, 5) is 15.1. The van der Waals surface area contributed by atoms with Gasteiger partial charge < -0.3 is 9.84 Å². The maximum atomic E-state index is 11.2. The predicted octanol–water partition coefficient (Wildman–Crippen LogP) is 0.520. The Hall–Kier alpha value is -1.86. The quantitative estimate of drug-likeness (QED) is 0.536. The molecule has 0 atom stereocenters. The molecule has 4 nitrogen and oxygen atoms in total. The largest absolute Gasteiger partial charge is 0.464 e. The Morgan fingerprint density at radius 3 is 2.93 bits per heavy atom. The van der Waals surface area contributed by atoms with Gasteiger partial charge in [0.2, 0.25) is 0 Å². The van der Waals surface area contributed by atoms with Crippen molar-refractivity contribution in [2.45, 2.75) is 6.92 Å². The standard InChI is InChI=1S/C11H11NO3/c1-8-6-9(4-3-5-13)7-12-10(8)11(14)15-2/h6-7,13H,5H2,1-2H3. The van der Waals surface area contributed by atoms with Crippen molar-refractivity contribution in [3.05, 3.63) is 29.1 Å². The van der Waals surface area contributed by atoms with E-state index >= 15 is 0 Å². The van der Waals surface area contributed by atoms with E-state index in [0.717, 1.165) is 0 Å². The molecule has 0 bridgehead atoms. The second kappa shape index (κ2) is 5.13. The zero-order chi connectivity index (χ0) is 11.3. The van der Waals surface area contributed by atoms with Crippen molar-refractivity contribution in [2.24, 2.45) is 0 Å². The van der Waals surface area contributed by atoms with Gasteiger partial charge in [-0.3, -0.25) is 0 Å². The number of aromatic nitrogens is 1. The third kappa shape index (κ3) is 2.79. The molecule has 0 spiro atoms. The molecule has 0 aromatic carbocycles. The molecule has 0 fully saturated rings. The van der Waals surface area contributed by atoms with Gasteiger partial charge in [-0.1, -0.05) is 11.8 Å². The number of nitrogens with zero attached hydrogens (tertiary/aromatic N) is 1. The molecule has 1 N–H and O–H groups in total. The normalized spacial score (nSPS) is 9.00. The highest BCUT2D eigenvalue weighted by molar-refractivity contribution is 5.88. The highest BCUT2D eigenvalue weighted by Crippen LogP contribution is 2.07. The number of hydrogen-bond donors (Lipinski definition) is 1. The first-order valence-electron chi connectivity index (χ1n) is 4.33. The van der Waals surface area contributed by atoms with Crippen molar-refractivity contribution in [3.8, 4) is 11.8 Å². The number of carbonyl (C=O) groups excluding carboxylic acids is 1. The molecule has 0 saturated carbocycles. The highest BCUT2D eigenvalue weighted by Gasteiger charge is 2.10. The van der Waals surface area contributed by atoms with Gasteiger partial charge in [0.05, 0.1) is 7.11 Å². The molecule has 1 aromatic rings. The fraction of sp³-hybridized carbons (Fsp3) is 0.273. The lowest BCUT2D eigenvalue weighted by Gasteiger charge is -2.02. The molecule has 0 amide bonds. The Balaban J connectivity index is 3.03. The average Bonchev–Trinajstić information content (AvgIpc) is 2.25. The molecule has 15 heavy (non-hydrogen) atoms. The van der Waals surface area contributed by atoms with Crippen LogP contribution in [0.5, 0.6) is 0 Å². The third-order valence-electron chi connectivity index (χ3n) is 1.77. The van der Waals surface area contributed by atoms with Gasteiger partial charge in [-0.2, -0.15) is 0 Å². The maximum Gasteiger partial charge on any atom is 0.356 e. The third-order valence-corrected chi connectivity index (χ3v) is 1.77. The molecule has 0 aliphatic rings. The first kappa shape index (κ1) is 11.2. The van der Waals surface area contributed by atoms with E-state index in [1.807, 2.05) is 0 Å². The van der Waals surface area contributed by atoms with Gasteiger partial charge in [0.25, 0.3) is 0 Å². The Morgan fingerprint density at radius 2 is 2.40 bits per heavy atom. The number of esters is 1. The Morgan fingerprint density at radius 1 is 1.67 bits per heavy atom. The molecule has 4 heteroatoms. The average molecular weight is 205 g/mol. The van der Waals surface area contributed by atoms with Crippen LogP contribution in [0.2, 0.25) is 0 Å². The summed E-state index contributed by atoms with van der Waals surface area (Å²) in [5, 5.41) is 8.51. The van der Waals surface area contributed by atoms with Crippen LogP contribution in [0.15, 0.2) is 12.3 Å². The van der Waals surface area contributed by atoms with E-state index in [2.05, 4.69) is 21.6 Å². The second-order valence-corrected chi connectivity index (χ2v) is 2.84. The minimum absolute atomic E-state index is 0.197. The van der Waals surface area contributed by atoms with Crippen molar-refractivity contribution in [3.63, 3.8) is 0 Å². The Labute approximate surface area is 87.9 Å². The topological polar surface area (TPSA) is 59.4 Å². The zero-order valence-corrected chi connectivity index (χ0v) is 8.57. The summed E-state index contributed by atoms with van der Waals surface area (Å²) in [6.07, 6.45) is 1.47. The van der Waals surface area contributed by atoms with E-state index in [9.17, 15) is 4.79 Å². The minimum Gasteiger partial charge on any atom is -0.464 e. The number of rotatable bonds is 1. The molecule has 1 heterocycles.